The van der Waals surface area contributed by atoms with Crippen LogP contribution in [-0.2, 0) is 19.0 Å². The van der Waals surface area contributed by atoms with Gasteiger partial charge in [-0.05, 0) is 6.42 Å². The van der Waals surface area contributed by atoms with Crippen molar-refractivity contribution in [3.05, 3.63) is 0 Å². The van der Waals surface area contributed by atoms with Crippen molar-refractivity contribution in [2.24, 2.45) is 0 Å². The van der Waals surface area contributed by atoms with E-state index >= 15 is 0 Å². The summed E-state index contributed by atoms with van der Waals surface area (Å²) in [7, 11) is 0. The van der Waals surface area contributed by atoms with Gasteiger partial charge in [-0.15, -0.1) is 0 Å². The first-order valence-corrected chi connectivity index (χ1v) is 3.74. The van der Waals surface area contributed by atoms with Gasteiger partial charge in [-0.2, -0.15) is 0 Å². The minimum absolute atomic E-state index is 0.0137. The van der Waals surface area contributed by atoms with E-state index in [9.17, 15) is 4.79 Å². The van der Waals surface area contributed by atoms with E-state index in [4.69, 9.17) is 14.2 Å². The molecule has 4 nitrogen and oxygen atoms in total. The molecule has 1 unspecified atom stereocenters. The summed E-state index contributed by atoms with van der Waals surface area (Å²) in [6.07, 6.45) is 0.878. The van der Waals surface area contributed by atoms with Crippen LogP contribution in [0.2, 0.25) is 0 Å². The maximum atomic E-state index is 10.0. The van der Waals surface area contributed by atoms with Gasteiger partial charge in [-0.25, -0.2) is 0 Å². The molecule has 0 bridgehead atoms. The van der Waals surface area contributed by atoms with Crippen LogP contribution in [0, 0.1) is 0 Å². The maximum absolute atomic E-state index is 10.0. The molecule has 0 N–H and O–H groups in total. The second-order valence-electron chi connectivity index (χ2n) is 2.77. The SMILES string of the molecule is O=COC1CO[C@@H]2CCO[C@H]12. The van der Waals surface area contributed by atoms with Crippen molar-refractivity contribution < 1.29 is 19.0 Å². The van der Waals surface area contributed by atoms with Crippen LogP contribution < -0.4 is 0 Å². The minimum atomic E-state index is -0.181. The van der Waals surface area contributed by atoms with Gasteiger partial charge in [0.1, 0.15) is 6.10 Å². The average Bonchev–Trinajstić information content (AvgIpc) is 2.53. The summed E-state index contributed by atoms with van der Waals surface area (Å²) in [6.45, 7) is 1.65. The highest BCUT2D eigenvalue weighted by molar-refractivity contribution is 5.37. The third-order valence-electron chi connectivity index (χ3n) is 2.15. The molecule has 0 radical (unpaired) electrons. The van der Waals surface area contributed by atoms with E-state index in [0.29, 0.717) is 19.7 Å². The number of carbonyl (C=O) groups excluding carboxylic acids is 1. The molecule has 0 saturated carbocycles. The Morgan fingerprint density at radius 1 is 1.45 bits per heavy atom. The van der Waals surface area contributed by atoms with Gasteiger partial charge < -0.3 is 14.2 Å². The fraction of sp³-hybridized carbons (Fsp3) is 0.857. The van der Waals surface area contributed by atoms with Crippen LogP contribution in [-0.4, -0.2) is 38.0 Å². The van der Waals surface area contributed by atoms with E-state index in [1.165, 1.54) is 0 Å². The van der Waals surface area contributed by atoms with Crippen molar-refractivity contribution in [1.29, 1.82) is 0 Å². The van der Waals surface area contributed by atoms with Gasteiger partial charge in [0.05, 0.1) is 12.7 Å². The first-order chi connectivity index (χ1) is 5.42. The lowest BCUT2D eigenvalue weighted by Gasteiger charge is -2.12. The Labute approximate surface area is 64.4 Å². The highest BCUT2D eigenvalue weighted by Crippen LogP contribution is 2.27. The first-order valence-electron chi connectivity index (χ1n) is 3.74. The molecule has 3 atom stereocenters. The molecule has 4 heteroatoms. The second-order valence-corrected chi connectivity index (χ2v) is 2.77. The average molecular weight is 158 g/mol. The molecule has 0 amide bonds. The summed E-state index contributed by atoms with van der Waals surface area (Å²) in [4.78, 5) is 10.0. The fourth-order valence-corrected chi connectivity index (χ4v) is 1.62. The second kappa shape index (κ2) is 2.79. The molecule has 0 spiro atoms. The zero-order chi connectivity index (χ0) is 7.68. The molecule has 2 aliphatic rings. The summed E-state index contributed by atoms with van der Waals surface area (Å²) in [5.74, 6) is 0. The quantitative estimate of drug-likeness (QED) is 0.518. The Hall–Kier alpha value is -0.610. The van der Waals surface area contributed by atoms with E-state index in [1.807, 2.05) is 0 Å². The summed E-state index contributed by atoms with van der Waals surface area (Å²) in [5.41, 5.74) is 0. The number of ether oxygens (including phenoxy) is 3. The first kappa shape index (κ1) is 7.06. The normalized spacial score (nSPS) is 42.0. The van der Waals surface area contributed by atoms with Crippen molar-refractivity contribution in [3.63, 3.8) is 0 Å². The van der Waals surface area contributed by atoms with Crippen molar-refractivity contribution in [1.82, 2.24) is 0 Å². The van der Waals surface area contributed by atoms with Crippen LogP contribution in [0.5, 0.6) is 0 Å². The number of fused-ring (bicyclic) bond motifs is 1. The number of carbonyl (C=O) groups is 1. The molecule has 2 fully saturated rings. The predicted molar refractivity (Wildman–Crippen MR) is 35.0 cm³/mol. The van der Waals surface area contributed by atoms with Crippen LogP contribution in [0.25, 0.3) is 0 Å². The molecule has 2 heterocycles. The van der Waals surface area contributed by atoms with Crippen LogP contribution >= 0.6 is 0 Å². The van der Waals surface area contributed by atoms with Gasteiger partial charge in [-0.1, -0.05) is 0 Å². The van der Waals surface area contributed by atoms with Crippen molar-refractivity contribution >= 4 is 6.47 Å². The van der Waals surface area contributed by atoms with Gasteiger partial charge in [0.2, 0.25) is 0 Å². The molecule has 2 rings (SSSR count). The molecule has 0 aliphatic carbocycles. The summed E-state index contributed by atoms with van der Waals surface area (Å²) in [6, 6.07) is 0. The Bertz CT molecular complexity index is 159. The van der Waals surface area contributed by atoms with Crippen molar-refractivity contribution in [2.45, 2.75) is 24.7 Å². The highest BCUT2D eigenvalue weighted by Gasteiger charge is 2.42. The molecule has 11 heavy (non-hydrogen) atoms. The molecule has 62 valence electrons. The fourth-order valence-electron chi connectivity index (χ4n) is 1.62. The van der Waals surface area contributed by atoms with Crippen LogP contribution in [0.3, 0.4) is 0 Å². The molecule has 0 aromatic carbocycles. The van der Waals surface area contributed by atoms with E-state index in [-0.39, 0.29) is 18.3 Å². The predicted octanol–water partition coefficient (Wildman–Crippen LogP) is -0.284. The van der Waals surface area contributed by atoms with Crippen molar-refractivity contribution in [2.75, 3.05) is 13.2 Å². The topological polar surface area (TPSA) is 44.8 Å². The monoisotopic (exact) mass is 158 g/mol. The number of hydrogen-bond donors (Lipinski definition) is 0. The molecular formula is C7H10O4. The minimum Gasteiger partial charge on any atom is -0.459 e. The van der Waals surface area contributed by atoms with E-state index in [2.05, 4.69) is 0 Å². The highest BCUT2D eigenvalue weighted by atomic mass is 16.6. The van der Waals surface area contributed by atoms with Crippen LogP contribution in [0.15, 0.2) is 0 Å². The maximum Gasteiger partial charge on any atom is 0.293 e. The Morgan fingerprint density at radius 3 is 3.18 bits per heavy atom. The van der Waals surface area contributed by atoms with Crippen molar-refractivity contribution in [3.8, 4) is 0 Å². The van der Waals surface area contributed by atoms with Gasteiger partial charge >= 0.3 is 0 Å². The third kappa shape index (κ3) is 1.12. The molecule has 2 aliphatic heterocycles. The largest absolute Gasteiger partial charge is 0.459 e. The smallest absolute Gasteiger partial charge is 0.293 e. The Kier molecular flexibility index (Phi) is 1.79. The molecule has 0 aromatic heterocycles. The number of rotatable bonds is 2. The summed E-state index contributed by atoms with van der Waals surface area (Å²) in [5, 5.41) is 0. The third-order valence-corrected chi connectivity index (χ3v) is 2.15. The standard InChI is InChI=1S/C7H10O4/c8-4-11-6-3-10-5-1-2-9-7(5)6/h4-7H,1-3H2/t5-,6?,7+/m1/s1. The summed E-state index contributed by atoms with van der Waals surface area (Å²) < 4.78 is 15.5. The lowest BCUT2D eigenvalue weighted by atomic mass is 10.1. The van der Waals surface area contributed by atoms with Crippen LogP contribution in [0.1, 0.15) is 6.42 Å². The summed E-state index contributed by atoms with van der Waals surface area (Å²) >= 11 is 0. The van der Waals surface area contributed by atoms with Gasteiger partial charge in [-0.3, -0.25) is 4.79 Å². The van der Waals surface area contributed by atoms with Gasteiger partial charge in [0, 0.05) is 6.61 Å². The molecule has 0 aromatic rings. The molecule has 2 saturated heterocycles. The van der Waals surface area contributed by atoms with Gasteiger partial charge in [0.15, 0.2) is 6.10 Å². The van der Waals surface area contributed by atoms with E-state index in [1.54, 1.807) is 0 Å². The lowest BCUT2D eigenvalue weighted by Crippen LogP contribution is -2.29. The Morgan fingerprint density at radius 2 is 2.36 bits per heavy atom. The van der Waals surface area contributed by atoms with E-state index in [0.717, 1.165) is 6.42 Å². The number of hydrogen-bond acceptors (Lipinski definition) is 4. The molecular weight excluding hydrogens is 148 g/mol. The Balaban J connectivity index is 1.97. The van der Waals surface area contributed by atoms with Crippen LogP contribution in [0.4, 0.5) is 0 Å². The lowest BCUT2D eigenvalue weighted by molar-refractivity contribution is -0.138. The van der Waals surface area contributed by atoms with Gasteiger partial charge in [0.25, 0.3) is 6.47 Å². The zero-order valence-electron chi connectivity index (χ0n) is 6.06. The zero-order valence-corrected chi connectivity index (χ0v) is 6.06. The van der Waals surface area contributed by atoms with E-state index < -0.39 is 0 Å².